The highest BCUT2D eigenvalue weighted by Crippen LogP contribution is 2.50. The number of phenolic OH excluding ortho intramolecular Hbond substituents is 1. The van der Waals surface area contributed by atoms with Crippen molar-refractivity contribution >= 4 is 27.5 Å². The summed E-state index contributed by atoms with van der Waals surface area (Å²) in [4.78, 5) is 19.1. The molecule has 0 bridgehead atoms. The van der Waals surface area contributed by atoms with Crippen molar-refractivity contribution in [3.05, 3.63) is 41.5 Å². The Bertz CT molecular complexity index is 2040. The minimum absolute atomic E-state index is 0.0483. The molecule has 4 aliphatic rings. The fraction of sp³-hybridized carbons (Fsp3) is 0.537. The van der Waals surface area contributed by atoms with E-state index in [1.807, 2.05) is 12.0 Å². The molecule has 0 amide bonds. The number of fused-ring (bicyclic) bond motifs is 3. The predicted octanol–water partition coefficient (Wildman–Crippen LogP) is 7.02. The number of benzene rings is 2. The van der Waals surface area contributed by atoms with Gasteiger partial charge in [-0.05, 0) is 87.9 Å². The number of hydrogen-bond donors (Lipinski definition) is 1. The van der Waals surface area contributed by atoms with Crippen molar-refractivity contribution in [2.75, 3.05) is 58.6 Å². The van der Waals surface area contributed by atoms with Gasteiger partial charge in [0.2, 0.25) is 5.88 Å². The second kappa shape index (κ2) is 14.8. The quantitative estimate of drug-likeness (QED) is 0.191. The topological polar surface area (TPSA) is 102 Å². The first-order valence-corrected chi connectivity index (χ1v) is 19.0. The van der Waals surface area contributed by atoms with Crippen molar-refractivity contribution in [2.45, 2.75) is 82.4 Å². The number of aromatic hydroxyl groups is 1. The lowest BCUT2D eigenvalue weighted by atomic mass is 9.74. The van der Waals surface area contributed by atoms with Crippen molar-refractivity contribution in [1.82, 2.24) is 19.9 Å². The Morgan fingerprint density at radius 3 is 2.58 bits per heavy atom. The molecule has 2 aliphatic heterocycles. The Morgan fingerprint density at radius 2 is 1.79 bits per heavy atom. The molecular formula is C41H47F2N5O5. The monoisotopic (exact) mass is 727 g/mol. The first-order chi connectivity index (χ1) is 25.8. The molecule has 12 heteroatoms. The van der Waals surface area contributed by atoms with Gasteiger partial charge in [0.05, 0.1) is 32.0 Å². The molecule has 0 spiro atoms. The van der Waals surface area contributed by atoms with E-state index in [0.717, 1.165) is 70.8 Å². The molecule has 0 unspecified atom stereocenters. The van der Waals surface area contributed by atoms with E-state index in [1.54, 1.807) is 0 Å². The fourth-order valence-electron chi connectivity index (χ4n) is 9.63. The van der Waals surface area contributed by atoms with E-state index >= 15 is 8.78 Å². The lowest BCUT2D eigenvalue weighted by Crippen LogP contribution is -2.56. The highest BCUT2D eigenvalue weighted by atomic mass is 19.1. The molecule has 53 heavy (non-hydrogen) atoms. The summed E-state index contributed by atoms with van der Waals surface area (Å²) in [5.41, 5.74) is -0.236. The van der Waals surface area contributed by atoms with Crippen LogP contribution in [0.5, 0.6) is 17.6 Å². The number of ether oxygens (including phenoxy) is 4. The van der Waals surface area contributed by atoms with Crippen molar-refractivity contribution < 1.29 is 32.8 Å². The van der Waals surface area contributed by atoms with E-state index in [2.05, 4.69) is 15.8 Å². The lowest BCUT2D eigenvalue weighted by Gasteiger charge is -2.50. The Labute approximate surface area is 308 Å². The van der Waals surface area contributed by atoms with Crippen LogP contribution in [0.25, 0.3) is 32.9 Å². The summed E-state index contributed by atoms with van der Waals surface area (Å²) in [7, 11) is 3.27. The molecule has 2 atom stereocenters. The number of likely N-dealkylation sites (tertiary alicyclic amines) is 1. The molecule has 4 aromatic rings. The van der Waals surface area contributed by atoms with E-state index in [9.17, 15) is 5.11 Å². The molecule has 4 heterocycles. The minimum Gasteiger partial charge on any atom is -0.508 e. The number of pyridine rings is 1. The highest BCUT2D eigenvalue weighted by Gasteiger charge is 2.50. The molecule has 4 fully saturated rings. The molecule has 8 rings (SSSR count). The van der Waals surface area contributed by atoms with Gasteiger partial charge in [0.1, 0.15) is 34.0 Å². The van der Waals surface area contributed by atoms with Crippen LogP contribution in [0.1, 0.15) is 69.8 Å². The number of hydrogen-bond acceptors (Lipinski definition) is 10. The molecule has 0 radical (unpaired) electrons. The van der Waals surface area contributed by atoms with Gasteiger partial charge in [-0.3, -0.25) is 4.90 Å². The molecule has 1 N–H and O–H groups in total. The van der Waals surface area contributed by atoms with Crippen LogP contribution in [0, 0.1) is 29.4 Å². The number of methoxy groups -OCH3 is 2. The van der Waals surface area contributed by atoms with Crippen molar-refractivity contribution in [3.63, 3.8) is 0 Å². The third-order valence-electron chi connectivity index (χ3n) is 12.2. The maximum atomic E-state index is 17.2. The third kappa shape index (κ3) is 6.51. The standard InChI is InChI=1S/C41H47F2N5O5/c1-4-29-31(42)14-9-25-22-27(49)23-30(33(25)29)36-35(43)37-34(39(44-36)51-3)38(47-17-7-20-52-21-19-47)46-40(45-37)53-24-41-15-5-8-32(41)48(18-6-16-41)26-10-12-28(50-2)13-11-26/h1,9,14,22-23,26,28,32,49H,5-8,10-13,15-21,24H2,2-3H3/t26?,28?,32-,41-/m1/s1. The summed E-state index contributed by atoms with van der Waals surface area (Å²) in [5, 5.41) is 11.7. The number of nitrogens with zero attached hydrogens (tertiary/aromatic N) is 5. The summed E-state index contributed by atoms with van der Waals surface area (Å²) in [6.45, 7) is 3.73. The fourth-order valence-corrected chi connectivity index (χ4v) is 9.63. The van der Waals surface area contributed by atoms with Gasteiger partial charge >= 0.3 is 6.01 Å². The Balaban J connectivity index is 1.22. The van der Waals surface area contributed by atoms with Gasteiger partial charge in [-0.1, -0.05) is 18.4 Å². The van der Waals surface area contributed by atoms with Crippen LogP contribution in [-0.4, -0.2) is 96.8 Å². The average Bonchev–Trinajstić information content (AvgIpc) is 3.43. The number of phenols is 1. The highest BCUT2D eigenvalue weighted by molar-refractivity contribution is 6.04. The third-order valence-corrected chi connectivity index (χ3v) is 12.2. The molecule has 2 aromatic carbocycles. The van der Waals surface area contributed by atoms with E-state index in [0.29, 0.717) is 67.7 Å². The van der Waals surface area contributed by atoms with Crippen molar-refractivity contribution in [3.8, 4) is 41.2 Å². The van der Waals surface area contributed by atoms with Gasteiger partial charge in [-0.15, -0.1) is 6.42 Å². The molecular weight excluding hydrogens is 680 g/mol. The van der Waals surface area contributed by atoms with Crippen LogP contribution < -0.4 is 14.4 Å². The van der Waals surface area contributed by atoms with E-state index in [4.69, 9.17) is 35.3 Å². The SMILES string of the molecule is C#Cc1c(F)ccc2cc(O)cc(-c3nc(OC)c4c(N5CCCOCC5)nc(OC[C@]56CCC[C@H]5N(C5CCC(OC)CC5)CCC6)nc4c3F)c12. The number of anilines is 1. The lowest BCUT2D eigenvalue weighted by molar-refractivity contribution is -0.0429. The first-order valence-electron chi connectivity index (χ1n) is 19.0. The zero-order valence-electron chi connectivity index (χ0n) is 30.5. The van der Waals surface area contributed by atoms with Gasteiger partial charge in [-0.25, -0.2) is 13.8 Å². The summed E-state index contributed by atoms with van der Waals surface area (Å²) in [5.74, 6) is 1.35. The Morgan fingerprint density at radius 1 is 0.962 bits per heavy atom. The zero-order chi connectivity index (χ0) is 36.7. The minimum atomic E-state index is -0.785. The first kappa shape index (κ1) is 35.7. The summed E-state index contributed by atoms with van der Waals surface area (Å²) in [6, 6.07) is 6.53. The Kier molecular flexibility index (Phi) is 10.00. The van der Waals surface area contributed by atoms with Crippen LogP contribution in [0.3, 0.4) is 0 Å². The maximum Gasteiger partial charge on any atom is 0.319 e. The van der Waals surface area contributed by atoms with Gasteiger partial charge in [0, 0.05) is 55.3 Å². The molecule has 280 valence electrons. The number of aromatic nitrogens is 3. The molecule has 10 nitrogen and oxygen atoms in total. The van der Waals surface area contributed by atoms with Gasteiger partial charge in [0.25, 0.3) is 0 Å². The van der Waals surface area contributed by atoms with Crippen molar-refractivity contribution in [1.29, 1.82) is 0 Å². The van der Waals surface area contributed by atoms with Crippen LogP contribution in [0.15, 0.2) is 24.3 Å². The van der Waals surface area contributed by atoms with Crippen LogP contribution >= 0.6 is 0 Å². The van der Waals surface area contributed by atoms with Crippen LogP contribution in [0.2, 0.25) is 0 Å². The molecule has 2 aromatic heterocycles. The van der Waals surface area contributed by atoms with E-state index in [-0.39, 0.29) is 50.8 Å². The van der Waals surface area contributed by atoms with E-state index in [1.165, 1.54) is 31.4 Å². The largest absolute Gasteiger partial charge is 0.508 e. The molecule has 2 saturated carbocycles. The van der Waals surface area contributed by atoms with Crippen LogP contribution in [-0.2, 0) is 9.47 Å². The Hall–Kier alpha value is -4.31. The smallest absolute Gasteiger partial charge is 0.319 e. The average molecular weight is 728 g/mol. The number of terminal acetylenes is 1. The van der Waals surface area contributed by atoms with Crippen LogP contribution in [0.4, 0.5) is 14.6 Å². The maximum absolute atomic E-state index is 17.2. The normalized spacial score (nSPS) is 25.3. The van der Waals surface area contributed by atoms with Gasteiger partial charge in [0.15, 0.2) is 5.82 Å². The number of rotatable bonds is 8. The summed E-state index contributed by atoms with van der Waals surface area (Å²) >= 11 is 0. The number of piperidine rings is 1. The zero-order valence-corrected chi connectivity index (χ0v) is 30.5. The summed E-state index contributed by atoms with van der Waals surface area (Å²) < 4.78 is 56.2. The predicted molar refractivity (Wildman–Crippen MR) is 199 cm³/mol. The van der Waals surface area contributed by atoms with Gasteiger partial charge in [-0.2, -0.15) is 9.97 Å². The van der Waals surface area contributed by atoms with Gasteiger partial charge < -0.3 is 29.0 Å². The van der Waals surface area contributed by atoms with E-state index < -0.39 is 11.6 Å². The second-order valence-electron chi connectivity index (χ2n) is 15.0. The van der Waals surface area contributed by atoms with Crippen molar-refractivity contribution in [2.24, 2.45) is 5.41 Å². The number of halogens is 2. The molecule has 2 saturated heterocycles. The summed E-state index contributed by atoms with van der Waals surface area (Å²) in [6.07, 6.45) is 16.8. The molecule has 2 aliphatic carbocycles. The second-order valence-corrected chi connectivity index (χ2v) is 15.0.